The highest BCUT2D eigenvalue weighted by Crippen LogP contribution is 2.18. The van der Waals surface area contributed by atoms with Gasteiger partial charge in [-0.25, -0.2) is 13.1 Å². The number of sulfonamides is 1. The molecule has 1 aliphatic rings. The monoisotopic (exact) mass is 318 g/mol. The second kappa shape index (κ2) is 6.06. The number of nitrogens with one attached hydrogen (secondary N) is 1. The van der Waals surface area contributed by atoms with Gasteiger partial charge in [-0.05, 0) is 29.3 Å². The van der Waals surface area contributed by atoms with Gasteiger partial charge in [0.1, 0.15) is 0 Å². The zero-order chi connectivity index (χ0) is 15.6. The van der Waals surface area contributed by atoms with Crippen LogP contribution in [0.25, 0.3) is 10.8 Å². The molecule has 1 heterocycles. The minimum atomic E-state index is -3.55. The Labute approximate surface area is 130 Å². The zero-order valence-corrected chi connectivity index (χ0v) is 13.0. The van der Waals surface area contributed by atoms with Crippen LogP contribution in [0.3, 0.4) is 0 Å². The molecule has 0 radical (unpaired) electrons. The van der Waals surface area contributed by atoms with Crippen molar-refractivity contribution in [3.63, 3.8) is 0 Å². The van der Waals surface area contributed by atoms with Crippen molar-refractivity contribution in [2.45, 2.75) is 17.7 Å². The lowest BCUT2D eigenvalue weighted by molar-refractivity contribution is -0.127. The molecule has 0 spiro atoms. The topological polar surface area (TPSA) is 66.5 Å². The predicted octanol–water partition coefficient (Wildman–Crippen LogP) is 1.74. The molecule has 3 rings (SSSR count). The van der Waals surface area contributed by atoms with Gasteiger partial charge >= 0.3 is 0 Å². The van der Waals surface area contributed by atoms with Gasteiger partial charge in [-0.1, -0.05) is 30.3 Å². The molecule has 1 aliphatic heterocycles. The molecule has 1 saturated heterocycles. The summed E-state index contributed by atoms with van der Waals surface area (Å²) in [6.45, 7) is 1.38. The number of hydrogen-bond acceptors (Lipinski definition) is 3. The number of amides is 1. The molecule has 22 heavy (non-hydrogen) atoms. The van der Waals surface area contributed by atoms with Crippen molar-refractivity contribution >= 4 is 26.7 Å². The van der Waals surface area contributed by atoms with Crippen LogP contribution in [0, 0.1) is 0 Å². The van der Waals surface area contributed by atoms with E-state index in [1.165, 1.54) is 0 Å². The van der Waals surface area contributed by atoms with Crippen molar-refractivity contribution in [1.82, 2.24) is 9.62 Å². The number of rotatable bonds is 5. The maximum Gasteiger partial charge on any atom is 0.240 e. The molecule has 2 aromatic carbocycles. The number of nitrogens with zero attached hydrogens (tertiary/aromatic N) is 1. The van der Waals surface area contributed by atoms with Gasteiger partial charge in [-0.3, -0.25) is 4.79 Å². The molecule has 2 aromatic rings. The molecule has 6 heteroatoms. The molecule has 1 fully saturated rings. The van der Waals surface area contributed by atoms with Crippen LogP contribution in [0.1, 0.15) is 12.8 Å². The largest absolute Gasteiger partial charge is 0.341 e. The fraction of sp³-hybridized carbons (Fsp3) is 0.312. The van der Waals surface area contributed by atoms with Crippen molar-refractivity contribution < 1.29 is 13.2 Å². The first-order valence-corrected chi connectivity index (χ1v) is 8.81. The Kier molecular flexibility index (Phi) is 4.13. The van der Waals surface area contributed by atoms with Crippen LogP contribution in [0.15, 0.2) is 47.4 Å². The molecule has 0 bridgehead atoms. The lowest BCUT2D eigenvalue weighted by atomic mass is 10.1. The van der Waals surface area contributed by atoms with E-state index < -0.39 is 10.0 Å². The maximum absolute atomic E-state index is 12.3. The normalized spacial score (nSPS) is 15.6. The molecule has 5 nitrogen and oxygen atoms in total. The molecular weight excluding hydrogens is 300 g/mol. The summed E-state index contributed by atoms with van der Waals surface area (Å²) in [6, 6.07) is 12.7. The van der Waals surface area contributed by atoms with Crippen molar-refractivity contribution in [3.8, 4) is 0 Å². The fourth-order valence-corrected chi connectivity index (χ4v) is 3.73. The summed E-state index contributed by atoms with van der Waals surface area (Å²) in [5.41, 5.74) is 0. The van der Waals surface area contributed by atoms with Crippen LogP contribution < -0.4 is 4.72 Å². The molecule has 0 aromatic heterocycles. The number of carbonyl (C=O) groups excluding carboxylic acids is 1. The summed E-state index contributed by atoms with van der Waals surface area (Å²) in [4.78, 5) is 13.4. The second-order valence-corrected chi connectivity index (χ2v) is 7.16. The Morgan fingerprint density at radius 2 is 1.86 bits per heavy atom. The minimum Gasteiger partial charge on any atom is -0.341 e. The van der Waals surface area contributed by atoms with Gasteiger partial charge in [0, 0.05) is 26.1 Å². The van der Waals surface area contributed by atoms with Crippen LogP contribution >= 0.6 is 0 Å². The number of fused-ring (bicyclic) bond motifs is 1. The Morgan fingerprint density at radius 3 is 2.59 bits per heavy atom. The van der Waals surface area contributed by atoms with E-state index >= 15 is 0 Å². The SMILES string of the molecule is O=C1CCCN1CCNS(=O)(=O)c1ccc2ccccc2c1. The smallest absolute Gasteiger partial charge is 0.240 e. The Bertz CT molecular complexity index is 802. The number of hydrogen-bond donors (Lipinski definition) is 1. The van der Waals surface area contributed by atoms with Gasteiger partial charge in [-0.2, -0.15) is 0 Å². The summed E-state index contributed by atoms with van der Waals surface area (Å²) in [5.74, 6) is 0.102. The molecule has 0 atom stereocenters. The highest BCUT2D eigenvalue weighted by Gasteiger charge is 2.20. The summed E-state index contributed by atoms with van der Waals surface area (Å²) in [5, 5.41) is 1.89. The first kappa shape index (κ1) is 15.0. The molecule has 0 aliphatic carbocycles. The van der Waals surface area contributed by atoms with Crippen LogP contribution in [0.5, 0.6) is 0 Å². The summed E-state index contributed by atoms with van der Waals surface area (Å²) in [7, 11) is -3.55. The summed E-state index contributed by atoms with van der Waals surface area (Å²) < 4.78 is 27.2. The Hall–Kier alpha value is -1.92. The Morgan fingerprint density at radius 1 is 1.09 bits per heavy atom. The van der Waals surface area contributed by atoms with E-state index in [0.29, 0.717) is 13.0 Å². The first-order chi connectivity index (χ1) is 10.6. The van der Waals surface area contributed by atoms with Gasteiger partial charge in [-0.15, -0.1) is 0 Å². The third-order valence-corrected chi connectivity index (χ3v) is 5.34. The molecular formula is C16H18N2O3S. The van der Waals surface area contributed by atoms with Crippen molar-refractivity contribution in [3.05, 3.63) is 42.5 Å². The van der Waals surface area contributed by atoms with Gasteiger partial charge in [0.25, 0.3) is 0 Å². The lowest BCUT2D eigenvalue weighted by Crippen LogP contribution is -2.35. The third-order valence-electron chi connectivity index (χ3n) is 3.88. The predicted molar refractivity (Wildman–Crippen MR) is 85.0 cm³/mol. The van der Waals surface area contributed by atoms with E-state index in [9.17, 15) is 13.2 Å². The van der Waals surface area contributed by atoms with Crippen molar-refractivity contribution in [2.75, 3.05) is 19.6 Å². The molecule has 1 N–H and O–H groups in total. The summed E-state index contributed by atoms with van der Waals surface area (Å²) in [6.07, 6.45) is 1.42. The highest BCUT2D eigenvalue weighted by atomic mass is 32.2. The average Bonchev–Trinajstić information content (AvgIpc) is 2.92. The second-order valence-electron chi connectivity index (χ2n) is 5.39. The number of likely N-dealkylation sites (tertiary alicyclic amines) is 1. The number of carbonyl (C=O) groups is 1. The van der Waals surface area contributed by atoms with E-state index in [2.05, 4.69) is 4.72 Å². The van der Waals surface area contributed by atoms with Gasteiger partial charge in [0.15, 0.2) is 0 Å². The van der Waals surface area contributed by atoms with E-state index in [1.807, 2.05) is 24.3 Å². The standard InChI is InChI=1S/C16H18N2O3S/c19-16-6-3-10-18(16)11-9-17-22(20,21)15-8-7-13-4-1-2-5-14(13)12-15/h1-2,4-5,7-8,12,17H,3,6,9-11H2. The Balaban J connectivity index is 1.69. The van der Waals surface area contributed by atoms with Crippen LogP contribution in [0.4, 0.5) is 0 Å². The third kappa shape index (κ3) is 3.13. The van der Waals surface area contributed by atoms with E-state index in [-0.39, 0.29) is 17.3 Å². The van der Waals surface area contributed by atoms with Gasteiger partial charge in [0.2, 0.25) is 15.9 Å². The van der Waals surface area contributed by atoms with Crippen LogP contribution in [-0.4, -0.2) is 38.9 Å². The highest BCUT2D eigenvalue weighted by molar-refractivity contribution is 7.89. The van der Waals surface area contributed by atoms with E-state index in [1.54, 1.807) is 23.1 Å². The zero-order valence-electron chi connectivity index (χ0n) is 12.2. The van der Waals surface area contributed by atoms with Crippen molar-refractivity contribution in [1.29, 1.82) is 0 Å². The van der Waals surface area contributed by atoms with E-state index in [4.69, 9.17) is 0 Å². The van der Waals surface area contributed by atoms with Gasteiger partial charge in [0.05, 0.1) is 4.90 Å². The average molecular weight is 318 g/mol. The molecule has 0 saturated carbocycles. The van der Waals surface area contributed by atoms with Crippen LogP contribution in [-0.2, 0) is 14.8 Å². The fourth-order valence-electron chi connectivity index (χ4n) is 2.67. The van der Waals surface area contributed by atoms with Crippen molar-refractivity contribution in [2.24, 2.45) is 0 Å². The maximum atomic E-state index is 12.3. The van der Waals surface area contributed by atoms with Crippen LogP contribution in [0.2, 0.25) is 0 Å². The molecule has 116 valence electrons. The summed E-state index contributed by atoms with van der Waals surface area (Å²) >= 11 is 0. The van der Waals surface area contributed by atoms with E-state index in [0.717, 1.165) is 23.7 Å². The minimum absolute atomic E-state index is 0.102. The quantitative estimate of drug-likeness (QED) is 0.913. The lowest BCUT2D eigenvalue weighted by Gasteiger charge is -2.15. The molecule has 0 unspecified atom stereocenters. The number of benzene rings is 2. The first-order valence-electron chi connectivity index (χ1n) is 7.32. The molecule has 1 amide bonds. The van der Waals surface area contributed by atoms with Gasteiger partial charge < -0.3 is 4.90 Å².